The number of fused-ring (bicyclic) bond motifs is 5. The molecule has 7 aliphatic rings. The quantitative estimate of drug-likeness (QED) is 0.205. The van der Waals surface area contributed by atoms with Crippen molar-refractivity contribution in [2.24, 2.45) is 11.8 Å². The topological polar surface area (TPSA) is 174 Å². The molecule has 5 aliphatic heterocycles. The average molecular weight is 884 g/mol. The number of aromatic amines is 1. The first kappa shape index (κ1) is 44.6. The number of allylic oxidation sites excluding steroid dienone is 9. The summed E-state index contributed by atoms with van der Waals surface area (Å²) in [6.45, 7) is 9.76. The summed E-state index contributed by atoms with van der Waals surface area (Å²) in [5.41, 5.74) is 6.44. The molecule has 0 radical (unpaired) electrons. The second-order valence-electron chi connectivity index (χ2n) is 18.1. The number of aromatic nitrogens is 2. The van der Waals surface area contributed by atoms with Crippen molar-refractivity contribution in [1.29, 1.82) is 0 Å². The molecule has 6 atom stereocenters. The van der Waals surface area contributed by atoms with Gasteiger partial charge >= 0.3 is 12.2 Å². The number of carbonyl (C=O) groups is 4. The van der Waals surface area contributed by atoms with E-state index in [2.05, 4.69) is 43.0 Å². The Balaban J connectivity index is 1.00. The first-order valence-corrected chi connectivity index (χ1v) is 22.7. The summed E-state index contributed by atoms with van der Waals surface area (Å²) in [5.74, 6) is 0.535. The van der Waals surface area contributed by atoms with Gasteiger partial charge in [0.15, 0.2) is 5.83 Å². The van der Waals surface area contributed by atoms with Crippen LogP contribution in [-0.4, -0.2) is 125 Å². The van der Waals surface area contributed by atoms with E-state index in [1.165, 1.54) is 14.2 Å². The van der Waals surface area contributed by atoms with Crippen molar-refractivity contribution in [2.45, 2.75) is 109 Å². The summed E-state index contributed by atoms with van der Waals surface area (Å²) in [6.07, 6.45) is 15.9. The van der Waals surface area contributed by atoms with E-state index in [0.717, 1.165) is 65.9 Å². The van der Waals surface area contributed by atoms with Gasteiger partial charge in [0.05, 0.1) is 56.1 Å². The Hall–Kier alpha value is -6.00. The minimum absolute atomic E-state index is 0.0683. The predicted octanol–water partition coefficient (Wildman–Crippen LogP) is 6.02. The van der Waals surface area contributed by atoms with Gasteiger partial charge in [-0.05, 0) is 85.3 Å². The third-order valence-electron chi connectivity index (χ3n) is 13.8. The van der Waals surface area contributed by atoms with Crippen molar-refractivity contribution in [3.05, 3.63) is 93.6 Å². The number of likely N-dealkylation sites (tertiary alicyclic amines) is 2. The van der Waals surface area contributed by atoms with E-state index in [1.807, 2.05) is 57.9 Å². The van der Waals surface area contributed by atoms with Crippen LogP contribution in [0.2, 0.25) is 0 Å². The lowest BCUT2D eigenvalue weighted by Crippen LogP contribution is -2.58. The Morgan fingerprint density at radius 3 is 2.39 bits per heavy atom. The number of carbonyl (C=O) groups excluding carboxylic acids is 4. The van der Waals surface area contributed by atoms with Crippen molar-refractivity contribution in [3.63, 3.8) is 0 Å². The predicted molar refractivity (Wildman–Crippen MR) is 237 cm³/mol. The molecule has 64 heavy (non-hydrogen) atoms. The first-order chi connectivity index (χ1) is 30.8. The highest BCUT2D eigenvalue weighted by atomic mass is 19.1. The van der Waals surface area contributed by atoms with E-state index in [1.54, 1.807) is 11.1 Å². The highest BCUT2D eigenvalue weighted by Gasteiger charge is 2.44. The second-order valence-corrected chi connectivity index (χ2v) is 18.1. The highest BCUT2D eigenvalue weighted by molar-refractivity contribution is 5.87. The Morgan fingerprint density at radius 1 is 0.938 bits per heavy atom. The zero-order chi connectivity index (χ0) is 45.4. The van der Waals surface area contributed by atoms with Crippen LogP contribution in [0.25, 0.3) is 5.57 Å². The zero-order valence-corrected chi connectivity index (χ0v) is 38.0. The third kappa shape index (κ3) is 8.52. The van der Waals surface area contributed by atoms with Gasteiger partial charge < -0.3 is 54.7 Å². The minimum Gasteiger partial charge on any atom is -0.491 e. The lowest BCUT2D eigenvalue weighted by atomic mass is 9.89. The molecule has 4 unspecified atom stereocenters. The molecule has 0 saturated carbocycles. The Morgan fingerprint density at radius 2 is 1.66 bits per heavy atom. The number of ether oxygens (including phenoxy) is 3. The molecule has 17 heteroatoms. The molecule has 1 aromatic heterocycles. The lowest BCUT2D eigenvalue weighted by molar-refractivity contribution is -0.136. The number of nitrogens with one attached hydrogen (secondary N) is 4. The van der Waals surface area contributed by atoms with Gasteiger partial charge in [-0.2, -0.15) is 0 Å². The number of amides is 4. The molecule has 4 N–H and O–H groups in total. The van der Waals surface area contributed by atoms with Crippen LogP contribution in [0, 0.1) is 11.8 Å². The van der Waals surface area contributed by atoms with Gasteiger partial charge in [0.2, 0.25) is 11.8 Å². The molecule has 8 rings (SSSR count). The molecule has 344 valence electrons. The highest BCUT2D eigenvalue weighted by Crippen LogP contribution is 2.46. The molecule has 2 saturated heterocycles. The number of methoxy groups -OCH3 is 2. The number of likely N-dealkylation sites (N-methyl/N-ethyl adjacent to an activating group) is 1. The van der Waals surface area contributed by atoms with Gasteiger partial charge in [0.25, 0.3) is 0 Å². The summed E-state index contributed by atoms with van der Waals surface area (Å²) >= 11 is 0. The van der Waals surface area contributed by atoms with Crippen LogP contribution in [-0.2, 0) is 23.8 Å². The smallest absolute Gasteiger partial charge is 0.407 e. The van der Waals surface area contributed by atoms with Crippen LogP contribution < -0.4 is 16.0 Å². The standard InChI is InChI=1S/C47H62FN9O7/c1-8-27(4)40(53-47(61)63-7)45(59)57-18-10-12-36(57)43-51-34(25-54(43)5)29-14-16-32-37(23-29)64-20-19-55-31-15-13-28(21-30(22-31)38(48)41(32)55)33-24-49-42(50-33)35-11-9-17-56(35)44(58)39(26(2)3)52-46(60)62-6/h13,15,21,23-27,35-36,39-40,43,51H,8-12,14,16-20,22H2,1-7H3,(H,49,50)(H,52,60)(H,53,61)/t27?,35-,36?,39?,40-,43?/m0/s1. The Bertz CT molecular complexity index is 2270. The van der Waals surface area contributed by atoms with Gasteiger partial charge in [-0.3, -0.25) is 9.59 Å². The minimum atomic E-state index is -0.737. The SMILES string of the molecule is CCC(C)[C@H](NC(=O)OC)C(=O)N1CCCC1C1NC(C2=CC3=C(CC2)C2=C(F)C4=CC(c5cnc([C@@H]6CCCN6C(=O)C(NC(=O)OC)C(C)C)[nH]5)=CC=C(C4)N2CCO3)=CN1C. The lowest BCUT2D eigenvalue weighted by Gasteiger charge is -2.37. The molecular formula is C47H62FN9O7. The van der Waals surface area contributed by atoms with Crippen LogP contribution in [0.15, 0.2) is 82.1 Å². The summed E-state index contributed by atoms with van der Waals surface area (Å²) < 4.78 is 33.1. The number of hydrogen-bond acceptors (Lipinski definition) is 11. The van der Waals surface area contributed by atoms with E-state index in [-0.39, 0.29) is 47.7 Å². The van der Waals surface area contributed by atoms with Crippen LogP contribution in [0.3, 0.4) is 0 Å². The zero-order valence-electron chi connectivity index (χ0n) is 38.0. The number of alkyl carbamates (subject to hydrolysis) is 2. The fraction of sp³-hybridized carbons (Fsp3) is 0.553. The summed E-state index contributed by atoms with van der Waals surface area (Å²) in [7, 11) is 4.59. The van der Waals surface area contributed by atoms with Gasteiger partial charge in [-0.1, -0.05) is 40.2 Å². The number of imidazole rings is 1. The monoisotopic (exact) mass is 883 g/mol. The first-order valence-electron chi connectivity index (χ1n) is 22.7. The van der Waals surface area contributed by atoms with Gasteiger partial charge in [0, 0.05) is 44.0 Å². The third-order valence-corrected chi connectivity index (χ3v) is 13.8. The van der Waals surface area contributed by atoms with Gasteiger partial charge in [-0.25, -0.2) is 19.0 Å². The van der Waals surface area contributed by atoms with Crippen molar-refractivity contribution < 1.29 is 37.8 Å². The molecule has 2 bridgehead atoms. The summed E-state index contributed by atoms with van der Waals surface area (Å²) in [4.78, 5) is 68.1. The number of nitrogens with zero attached hydrogens (tertiary/aromatic N) is 5. The molecular weight excluding hydrogens is 822 g/mol. The number of H-pyrrole nitrogens is 1. The fourth-order valence-corrected chi connectivity index (χ4v) is 10.1. The Kier molecular flexibility index (Phi) is 13.0. The number of halogens is 1. The maximum absolute atomic E-state index is 17.1. The summed E-state index contributed by atoms with van der Waals surface area (Å²) in [5, 5.41) is 9.20. The average Bonchev–Trinajstić information content (AvgIpc) is 4.11. The van der Waals surface area contributed by atoms with Crippen molar-refractivity contribution in [1.82, 2.24) is 45.5 Å². The van der Waals surface area contributed by atoms with Crippen LogP contribution in [0.1, 0.15) is 96.6 Å². The fourth-order valence-electron chi connectivity index (χ4n) is 10.1. The van der Waals surface area contributed by atoms with Gasteiger partial charge in [-0.15, -0.1) is 0 Å². The second kappa shape index (κ2) is 18.6. The van der Waals surface area contributed by atoms with E-state index < -0.39 is 24.3 Å². The maximum Gasteiger partial charge on any atom is 0.407 e. The largest absolute Gasteiger partial charge is 0.491 e. The molecule has 6 heterocycles. The maximum atomic E-state index is 17.1. The molecule has 0 aromatic carbocycles. The number of rotatable bonds is 11. The molecule has 2 fully saturated rings. The van der Waals surface area contributed by atoms with E-state index in [0.29, 0.717) is 68.4 Å². The molecule has 1 aromatic rings. The Labute approximate surface area is 374 Å². The van der Waals surface area contributed by atoms with E-state index in [9.17, 15) is 19.2 Å². The van der Waals surface area contributed by atoms with Crippen LogP contribution in [0.5, 0.6) is 0 Å². The normalized spacial score (nSPS) is 24.5. The molecule has 0 spiro atoms. The summed E-state index contributed by atoms with van der Waals surface area (Å²) in [6, 6.07) is -1.83. The van der Waals surface area contributed by atoms with E-state index in [4.69, 9.17) is 19.2 Å². The van der Waals surface area contributed by atoms with Crippen LogP contribution >= 0.6 is 0 Å². The van der Waals surface area contributed by atoms with E-state index >= 15 is 4.39 Å². The van der Waals surface area contributed by atoms with Gasteiger partial charge in [0.1, 0.15) is 36.4 Å². The van der Waals surface area contributed by atoms with Crippen molar-refractivity contribution >= 4 is 29.6 Å². The number of hydrogen-bond donors (Lipinski definition) is 4. The molecule has 2 aliphatic carbocycles. The van der Waals surface area contributed by atoms with Crippen molar-refractivity contribution in [3.8, 4) is 0 Å². The van der Waals surface area contributed by atoms with Crippen molar-refractivity contribution in [2.75, 3.05) is 47.5 Å². The molecule has 4 amide bonds. The van der Waals surface area contributed by atoms with Crippen LogP contribution in [0.4, 0.5) is 14.0 Å². The molecule has 16 nitrogen and oxygen atoms in total.